The molecule has 0 aliphatic carbocycles. The van der Waals surface area contributed by atoms with Gasteiger partial charge in [-0.3, -0.25) is 0 Å². The van der Waals surface area contributed by atoms with Gasteiger partial charge in [-0.2, -0.15) is 0 Å². The number of rotatable bonds is 2. The molecule has 0 unspecified atom stereocenters. The van der Waals surface area contributed by atoms with Crippen molar-refractivity contribution in [3.8, 4) is 5.75 Å². The second kappa shape index (κ2) is 3.58. The average Bonchev–Trinajstić information content (AvgIpc) is 2.59. The van der Waals surface area contributed by atoms with Gasteiger partial charge in [0.05, 0.1) is 12.6 Å². The molecule has 5 heteroatoms. The summed E-state index contributed by atoms with van der Waals surface area (Å²) in [6.07, 6.45) is 0. The zero-order chi connectivity index (χ0) is 11.0. The van der Waals surface area contributed by atoms with Crippen molar-refractivity contribution < 1.29 is 14.6 Å². The summed E-state index contributed by atoms with van der Waals surface area (Å²) in [5, 5.41) is 9.60. The number of carboxylic acids is 1. The van der Waals surface area contributed by atoms with E-state index in [2.05, 4.69) is 20.9 Å². The number of hydrogen-bond donors (Lipinski definition) is 2. The zero-order valence-corrected chi connectivity index (χ0v) is 9.46. The van der Waals surface area contributed by atoms with E-state index < -0.39 is 5.97 Å². The predicted molar refractivity (Wildman–Crippen MR) is 59.5 cm³/mol. The van der Waals surface area contributed by atoms with E-state index in [-0.39, 0.29) is 5.69 Å². The maximum Gasteiger partial charge on any atom is 0.352 e. The lowest BCUT2D eigenvalue weighted by Gasteiger charge is -2.01. The van der Waals surface area contributed by atoms with Gasteiger partial charge in [-0.15, -0.1) is 0 Å². The van der Waals surface area contributed by atoms with Crippen LogP contribution in [0.2, 0.25) is 0 Å². The normalized spacial score (nSPS) is 10.5. The van der Waals surface area contributed by atoms with Gasteiger partial charge in [0.1, 0.15) is 11.4 Å². The Bertz CT molecular complexity index is 533. The number of H-pyrrole nitrogens is 1. The summed E-state index contributed by atoms with van der Waals surface area (Å²) in [6.45, 7) is 0. The molecular formula is C10H8BrNO3. The number of halogens is 1. The highest BCUT2D eigenvalue weighted by Gasteiger charge is 2.11. The molecule has 0 aliphatic rings. The van der Waals surface area contributed by atoms with Crippen LogP contribution in [0.3, 0.4) is 0 Å². The van der Waals surface area contributed by atoms with Crippen molar-refractivity contribution in [1.82, 2.24) is 4.98 Å². The molecule has 0 fully saturated rings. The highest BCUT2D eigenvalue weighted by Crippen LogP contribution is 2.30. The van der Waals surface area contributed by atoms with Gasteiger partial charge in [0.15, 0.2) is 0 Å². The largest absolute Gasteiger partial charge is 0.496 e. The van der Waals surface area contributed by atoms with E-state index in [1.807, 2.05) is 6.07 Å². The number of aromatic carboxylic acids is 1. The summed E-state index contributed by atoms with van der Waals surface area (Å²) in [5.74, 6) is -0.340. The molecule has 0 amide bonds. The first kappa shape index (κ1) is 10.0. The van der Waals surface area contributed by atoms with Crippen molar-refractivity contribution in [3.05, 3.63) is 28.4 Å². The van der Waals surface area contributed by atoms with Crippen LogP contribution in [0.15, 0.2) is 22.7 Å². The molecule has 0 saturated heterocycles. The Balaban J connectivity index is 2.74. The summed E-state index contributed by atoms with van der Waals surface area (Å²) in [4.78, 5) is 13.6. The zero-order valence-electron chi connectivity index (χ0n) is 7.87. The number of carbonyl (C=O) groups is 1. The molecule has 1 heterocycles. The van der Waals surface area contributed by atoms with Crippen LogP contribution in [0.5, 0.6) is 5.75 Å². The van der Waals surface area contributed by atoms with Crippen LogP contribution >= 0.6 is 15.9 Å². The summed E-state index contributed by atoms with van der Waals surface area (Å²) < 4.78 is 6.00. The number of fused-ring (bicyclic) bond motifs is 1. The van der Waals surface area contributed by atoms with Crippen LogP contribution in [0.25, 0.3) is 10.9 Å². The summed E-state index contributed by atoms with van der Waals surface area (Å²) in [7, 11) is 1.55. The fourth-order valence-corrected chi connectivity index (χ4v) is 1.89. The number of aromatic amines is 1. The molecule has 2 N–H and O–H groups in total. The lowest BCUT2D eigenvalue weighted by molar-refractivity contribution is 0.0691. The Morgan fingerprint density at radius 1 is 1.47 bits per heavy atom. The Kier molecular flexibility index (Phi) is 2.40. The second-order valence-corrected chi connectivity index (χ2v) is 3.97. The van der Waals surface area contributed by atoms with Crippen molar-refractivity contribution in [2.75, 3.05) is 7.11 Å². The van der Waals surface area contributed by atoms with E-state index in [9.17, 15) is 4.79 Å². The minimum absolute atomic E-state index is 0.154. The van der Waals surface area contributed by atoms with E-state index in [0.29, 0.717) is 5.75 Å². The number of methoxy groups -OCH3 is 1. The Morgan fingerprint density at radius 2 is 2.20 bits per heavy atom. The number of hydrogen-bond acceptors (Lipinski definition) is 2. The molecule has 0 spiro atoms. The monoisotopic (exact) mass is 269 g/mol. The van der Waals surface area contributed by atoms with Gasteiger partial charge in [-0.1, -0.05) is 15.9 Å². The van der Waals surface area contributed by atoms with Gasteiger partial charge in [0.2, 0.25) is 0 Å². The number of nitrogens with one attached hydrogen (secondary N) is 1. The van der Waals surface area contributed by atoms with Gasteiger partial charge in [-0.05, 0) is 18.2 Å². The SMILES string of the molecule is COc1cc(Br)cc2[nH]c(C(=O)O)cc12. The maximum absolute atomic E-state index is 10.8. The van der Waals surface area contributed by atoms with Gasteiger partial charge < -0.3 is 14.8 Å². The fourth-order valence-electron chi connectivity index (χ4n) is 1.45. The van der Waals surface area contributed by atoms with Crippen molar-refractivity contribution in [1.29, 1.82) is 0 Å². The molecule has 78 valence electrons. The molecule has 2 aromatic rings. The smallest absolute Gasteiger partial charge is 0.352 e. The Labute approximate surface area is 94.0 Å². The molecule has 0 radical (unpaired) electrons. The second-order valence-electron chi connectivity index (χ2n) is 3.06. The average molecular weight is 270 g/mol. The lowest BCUT2D eigenvalue weighted by Crippen LogP contribution is -1.94. The Hall–Kier alpha value is -1.49. The number of carboxylic acid groups (broad SMARTS) is 1. The van der Waals surface area contributed by atoms with Crippen LogP contribution < -0.4 is 4.74 Å². The molecule has 2 rings (SSSR count). The molecule has 0 bridgehead atoms. The van der Waals surface area contributed by atoms with E-state index in [0.717, 1.165) is 15.4 Å². The van der Waals surface area contributed by atoms with Gasteiger partial charge in [-0.25, -0.2) is 4.79 Å². The van der Waals surface area contributed by atoms with E-state index in [4.69, 9.17) is 9.84 Å². The summed E-state index contributed by atoms with van der Waals surface area (Å²) >= 11 is 3.32. The molecule has 15 heavy (non-hydrogen) atoms. The van der Waals surface area contributed by atoms with E-state index in [1.54, 1.807) is 19.2 Å². The molecule has 0 saturated carbocycles. The fraction of sp³-hybridized carbons (Fsp3) is 0.100. The number of benzene rings is 1. The molecule has 1 aromatic heterocycles. The first-order chi connectivity index (χ1) is 7.11. The quantitative estimate of drug-likeness (QED) is 0.881. The van der Waals surface area contributed by atoms with Crippen molar-refractivity contribution in [2.24, 2.45) is 0 Å². The van der Waals surface area contributed by atoms with Gasteiger partial charge in [0, 0.05) is 9.86 Å². The first-order valence-corrected chi connectivity index (χ1v) is 5.00. The third kappa shape index (κ3) is 1.70. The highest BCUT2D eigenvalue weighted by molar-refractivity contribution is 9.10. The Morgan fingerprint density at radius 3 is 2.80 bits per heavy atom. The van der Waals surface area contributed by atoms with Crippen LogP contribution in [-0.2, 0) is 0 Å². The molecule has 4 nitrogen and oxygen atoms in total. The predicted octanol–water partition coefficient (Wildman–Crippen LogP) is 2.64. The van der Waals surface area contributed by atoms with E-state index in [1.165, 1.54) is 0 Å². The molecule has 0 aliphatic heterocycles. The van der Waals surface area contributed by atoms with Gasteiger partial charge >= 0.3 is 5.97 Å². The third-order valence-electron chi connectivity index (χ3n) is 2.12. The van der Waals surface area contributed by atoms with E-state index >= 15 is 0 Å². The minimum atomic E-state index is -0.982. The summed E-state index contributed by atoms with van der Waals surface area (Å²) in [5.41, 5.74) is 0.889. The van der Waals surface area contributed by atoms with Crippen LogP contribution in [0.4, 0.5) is 0 Å². The van der Waals surface area contributed by atoms with Crippen LogP contribution in [0.1, 0.15) is 10.5 Å². The third-order valence-corrected chi connectivity index (χ3v) is 2.57. The van der Waals surface area contributed by atoms with Gasteiger partial charge in [0.25, 0.3) is 0 Å². The first-order valence-electron chi connectivity index (χ1n) is 4.21. The van der Waals surface area contributed by atoms with Crippen LogP contribution in [-0.4, -0.2) is 23.2 Å². The lowest BCUT2D eigenvalue weighted by atomic mass is 10.2. The summed E-state index contributed by atoms with van der Waals surface area (Å²) in [6, 6.07) is 5.16. The topological polar surface area (TPSA) is 62.3 Å². The highest BCUT2D eigenvalue weighted by atomic mass is 79.9. The standard InChI is InChI=1S/C10H8BrNO3/c1-15-9-3-5(11)2-7-6(9)4-8(12-7)10(13)14/h2-4,12H,1H3,(H,13,14). The van der Waals surface area contributed by atoms with Crippen LogP contribution in [0, 0.1) is 0 Å². The van der Waals surface area contributed by atoms with Crippen molar-refractivity contribution in [2.45, 2.75) is 0 Å². The minimum Gasteiger partial charge on any atom is -0.496 e. The number of ether oxygens (including phenoxy) is 1. The molecular weight excluding hydrogens is 262 g/mol. The molecule has 1 aromatic carbocycles. The molecule has 0 atom stereocenters. The van der Waals surface area contributed by atoms with Crippen molar-refractivity contribution in [3.63, 3.8) is 0 Å². The number of aromatic nitrogens is 1. The van der Waals surface area contributed by atoms with Crippen molar-refractivity contribution >= 4 is 32.8 Å². The maximum atomic E-state index is 10.8.